The molecule has 72 valence electrons. The molecule has 0 aromatic carbocycles. The van der Waals surface area contributed by atoms with E-state index in [9.17, 15) is 4.79 Å². The number of alkyl halides is 1. The van der Waals surface area contributed by atoms with Crippen LogP contribution in [0.25, 0.3) is 0 Å². The van der Waals surface area contributed by atoms with Crippen LogP contribution in [0, 0.1) is 5.92 Å². The van der Waals surface area contributed by atoms with Crippen molar-refractivity contribution in [3.8, 4) is 0 Å². The molecule has 4 heteroatoms. The molecule has 0 aliphatic heterocycles. The first-order valence-electron chi connectivity index (χ1n) is 4.13. The Morgan fingerprint density at radius 2 is 2.25 bits per heavy atom. The van der Waals surface area contributed by atoms with Gasteiger partial charge in [0.15, 0.2) is 0 Å². The fraction of sp³-hybridized carbons (Fsp3) is 0.875. The molecular formula is C8H16ClNO2. The van der Waals surface area contributed by atoms with Gasteiger partial charge in [-0.05, 0) is 12.3 Å². The van der Waals surface area contributed by atoms with Gasteiger partial charge in [0, 0.05) is 12.3 Å². The van der Waals surface area contributed by atoms with Gasteiger partial charge in [0.25, 0.3) is 0 Å². The smallest absolute Gasteiger partial charge is 0.243 e. The van der Waals surface area contributed by atoms with Crippen LogP contribution >= 0.6 is 11.6 Å². The Hall–Kier alpha value is -0.280. The number of hydrogen-bond acceptors (Lipinski definition) is 2. The highest BCUT2D eigenvalue weighted by molar-refractivity contribution is 6.17. The number of amides is 1. The van der Waals surface area contributed by atoms with E-state index in [2.05, 4.69) is 5.48 Å². The first kappa shape index (κ1) is 11.7. The van der Waals surface area contributed by atoms with Gasteiger partial charge in [-0.15, -0.1) is 11.6 Å². The minimum Gasteiger partial charge on any atom is -0.273 e. The Balaban J connectivity index is 3.20. The first-order valence-corrected chi connectivity index (χ1v) is 4.67. The number of rotatable bonds is 6. The molecule has 3 nitrogen and oxygen atoms in total. The Morgan fingerprint density at radius 3 is 2.75 bits per heavy atom. The molecule has 0 aromatic heterocycles. The third-order valence-electron chi connectivity index (χ3n) is 1.14. The van der Waals surface area contributed by atoms with E-state index >= 15 is 0 Å². The molecule has 1 amide bonds. The molecule has 0 unspecified atom stereocenters. The summed E-state index contributed by atoms with van der Waals surface area (Å²) in [5.41, 5.74) is 2.35. The van der Waals surface area contributed by atoms with Crippen molar-refractivity contribution in [2.75, 3.05) is 12.5 Å². The highest BCUT2D eigenvalue weighted by Gasteiger charge is 2.00. The average molecular weight is 194 g/mol. The maximum absolute atomic E-state index is 10.9. The second-order valence-corrected chi connectivity index (χ2v) is 3.40. The van der Waals surface area contributed by atoms with E-state index in [1.54, 1.807) is 0 Å². The van der Waals surface area contributed by atoms with Crippen LogP contribution in [0.1, 0.15) is 26.7 Å². The highest BCUT2D eigenvalue weighted by Crippen LogP contribution is 1.93. The number of nitrogens with one attached hydrogen (secondary N) is 1. The van der Waals surface area contributed by atoms with Crippen LogP contribution in [0.5, 0.6) is 0 Å². The second kappa shape index (κ2) is 7.37. The van der Waals surface area contributed by atoms with Crippen LogP contribution in [-0.2, 0) is 9.63 Å². The number of hydrogen-bond donors (Lipinski definition) is 1. The van der Waals surface area contributed by atoms with Crippen molar-refractivity contribution in [2.24, 2.45) is 5.92 Å². The van der Waals surface area contributed by atoms with E-state index in [1.165, 1.54) is 0 Å². The predicted molar refractivity (Wildman–Crippen MR) is 48.9 cm³/mol. The standard InChI is InChI=1S/C8H16ClNO2/c1-7(2)6-12-10-8(11)4-3-5-9/h7H,3-6H2,1-2H3,(H,10,11). The molecule has 0 saturated carbocycles. The van der Waals surface area contributed by atoms with Gasteiger partial charge in [0.05, 0.1) is 6.61 Å². The lowest BCUT2D eigenvalue weighted by Crippen LogP contribution is -2.25. The van der Waals surface area contributed by atoms with Crippen LogP contribution in [0.2, 0.25) is 0 Å². The Bertz CT molecular complexity index is 128. The van der Waals surface area contributed by atoms with Gasteiger partial charge in [-0.25, -0.2) is 5.48 Å². The largest absolute Gasteiger partial charge is 0.273 e. The summed E-state index contributed by atoms with van der Waals surface area (Å²) >= 11 is 5.41. The fourth-order valence-corrected chi connectivity index (χ4v) is 0.701. The van der Waals surface area contributed by atoms with Crippen LogP contribution in [0.3, 0.4) is 0 Å². The van der Waals surface area contributed by atoms with E-state index in [0.717, 1.165) is 0 Å². The van der Waals surface area contributed by atoms with Gasteiger partial charge in [0.1, 0.15) is 0 Å². The average Bonchev–Trinajstić information content (AvgIpc) is 2.00. The molecule has 0 bridgehead atoms. The van der Waals surface area contributed by atoms with E-state index in [-0.39, 0.29) is 5.91 Å². The molecule has 0 aromatic rings. The van der Waals surface area contributed by atoms with Crippen LogP contribution in [-0.4, -0.2) is 18.4 Å². The molecule has 0 saturated heterocycles. The van der Waals surface area contributed by atoms with Gasteiger partial charge in [-0.3, -0.25) is 9.63 Å². The quantitative estimate of drug-likeness (QED) is 0.515. The lowest BCUT2D eigenvalue weighted by atomic mass is 10.2. The van der Waals surface area contributed by atoms with Crippen LogP contribution in [0.4, 0.5) is 0 Å². The third kappa shape index (κ3) is 7.82. The lowest BCUT2D eigenvalue weighted by Gasteiger charge is -2.06. The summed E-state index contributed by atoms with van der Waals surface area (Å²) in [6.07, 6.45) is 1.13. The van der Waals surface area contributed by atoms with Gasteiger partial charge in [0.2, 0.25) is 5.91 Å². The summed E-state index contributed by atoms with van der Waals surface area (Å²) in [4.78, 5) is 15.8. The van der Waals surface area contributed by atoms with Crippen molar-refractivity contribution in [1.29, 1.82) is 0 Å². The lowest BCUT2D eigenvalue weighted by molar-refractivity contribution is -0.134. The number of carbonyl (C=O) groups is 1. The molecule has 0 spiro atoms. The molecule has 12 heavy (non-hydrogen) atoms. The fourth-order valence-electron chi connectivity index (χ4n) is 0.567. The molecule has 0 atom stereocenters. The minimum atomic E-state index is -0.101. The zero-order valence-electron chi connectivity index (χ0n) is 7.60. The molecule has 0 heterocycles. The van der Waals surface area contributed by atoms with Crippen molar-refractivity contribution in [3.63, 3.8) is 0 Å². The Morgan fingerprint density at radius 1 is 1.58 bits per heavy atom. The summed E-state index contributed by atoms with van der Waals surface area (Å²) in [5.74, 6) is 0.840. The summed E-state index contributed by atoms with van der Waals surface area (Å²) in [6, 6.07) is 0. The molecule has 0 fully saturated rings. The van der Waals surface area contributed by atoms with Crippen LogP contribution < -0.4 is 5.48 Å². The Kier molecular flexibility index (Phi) is 7.20. The van der Waals surface area contributed by atoms with E-state index in [4.69, 9.17) is 16.4 Å². The third-order valence-corrected chi connectivity index (χ3v) is 1.41. The Labute approximate surface area is 78.4 Å². The SMILES string of the molecule is CC(C)CONC(=O)CCCCl. The first-order chi connectivity index (χ1) is 5.66. The number of carbonyl (C=O) groups excluding carboxylic acids is 1. The monoisotopic (exact) mass is 193 g/mol. The molecule has 0 rings (SSSR count). The van der Waals surface area contributed by atoms with Crippen molar-refractivity contribution in [2.45, 2.75) is 26.7 Å². The van der Waals surface area contributed by atoms with Crippen molar-refractivity contribution in [1.82, 2.24) is 5.48 Å². The van der Waals surface area contributed by atoms with Gasteiger partial charge in [-0.2, -0.15) is 0 Å². The maximum atomic E-state index is 10.9. The zero-order valence-corrected chi connectivity index (χ0v) is 8.36. The van der Waals surface area contributed by atoms with Crippen LogP contribution in [0.15, 0.2) is 0 Å². The number of halogens is 1. The topological polar surface area (TPSA) is 38.3 Å². The maximum Gasteiger partial charge on any atom is 0.243 e. The highest BCUT2D eigenvalue weighted by atomic mass is 35.5. The van der Waals surface area contributed by atoms with Crippen molar-refractivity contribution >= 4 is 17.5 Å². The number of hydroxylamine groups is 1. The second-order valence-electron chi connectivity index (χ2n) is 3.02. The summed E-state index contributed by atoms with van der Waals surface area (Å²) in [7, 11) is 0. The van der Waals surface area contributed by atoms with E-state index < -0.39 is 0 Å². The van der Waals surface area contributed by atoms with Crippen molar-refractivity contribution in [3.05, 3.63) is 0 Å². The normalized spacial score (nSPS) is 10.3. The van der Waals surface area contributed by atoms with E-state index in [0.29, 0.717) is 31.2 Å². The van der Waals surface area contributed by atoms with Gasteiger partial charge >= 0.3 is 0 Å². The molecule has 0 radical (unpaired) electrons. The zero-order chi connectivity index (χ0) is 9.40. The van der Waals surface area contributed by atoms with E-state index in [1.807, 2.05) is 13.8 Å². The summed E-state index contributed by atoms with van der Waals surface area (Å²) in [5, 5.41) is 0. The molecule has 0 aliphatic carbocycles. The predicted octanol–water partition coefficient (Wildman–Crippen LogP) is 1.71. The van der Waals surface area contributed by atoms with Gasteiger partial charge in [-0.1, -0.05) is 13.8 Å². The minimum absolute atomic E-state index is 0.101. The molecule has 0 aliphatic rings. The van der Waals surface area contributed by atoms with Gasteiger partial charge < -0.3 is 0 Å². The summed E-state index contributed by atoms with van der Waals surface area (Å²) < 4.78 is 0. The summed E-state index contributed by atoms with van der Waals surface area (Å²) in [6.45, 7) is 4.59. The van der Waals surface area contributed by atoms with Crippen molar-refractivity contribution < 1.29 is 9.63 Å². The molecule has 1 N–H and O–H groups in total. The molecular weight excluding hydrogens is 178 g/mol.